The Balaban J connectivity index is 1.34. The highest BCUT2D eigenvalue weighted by Crippen LogP contribution is 2.26. The molecule has 0 aliphatic carbocycles. The molecule has 24 heavy (non-hydrogen) atoms. The molecule has 4 rings (SSSR count). The molecule has 1 atom stereocenters. The van der Waals surface area contributed by atoms with Crippen LogP contribution in [-0.2, 0) is 24.4 Å². The minimum absolute atomic E-state index is 0.0509. The molecule has 0 saturated carbocycles. The second-order valence-electron chi connectivity index (χ2n) is 5.77. The van der Waals surface area contributed by atoms with E-state index in [1.54, 1.807) is 23.5 Å². The molecule has 1 aliphatic rings. The Kier molecular flexibility index (Phi) is 4.38. The van der Waals surface area contributed by atoms with Crippen LogP contribution in [0.1, 0.15) is 11.3 Å². The SMILES string of the molecule is Fc1ccc(CNCC2Cn3nnc(-c4ccsc4)c3CO2)cc1. The number of nitrogens with zero attached hydrogens (tertiary/aromatic N) is 3. The first-order chi connectivity index (χ1) is 11.8. The maximum absolute atomic E-state index is 12.9. The van der Waals surface area contributed by atoms with Crippen molar-refractivity contribution in [2.45, 2.75) is 25.8 Å². The van der Waals surface area contributed by atoms with Crippen molar-refractivity contribution in [1.82, 2.24) is 20.3 Å². The van der Waals surface area contributed by atoms with Crippen molar-refractivity contribution < 1.29 is 9.13 Å². The van der Waals surface area contributed by atoms with Crippen LogP contribution in [0.25, 0.3) is 11.3 Å². The van der Waals surface area contributed by atoms with Gasteiger partial charge in [-0.3, -0.25) is 0 Å². The Morgan fingerprint density at radius 3 is 2.96 bits per heavy atom. The lowest BCUT2D eigenvalue weighted by Crippen LogP contribution is -2.36. The minimum Gasteiger partial charge on any atom is -0.369 e. The van der Waals surface area contributed by atoms with E-state index in [0.717, 1.165) is 22.5 Å². The highest BCUT2D eigenvalue weighted by molar-refractivity contribution is 7.08. The first-order valence-corrected chi connectivity index (χ1v) is 8.75. The van der Waals surface area contributed by atoms with Gasteiger partial charge < -0.3 is 10.1 Å². The molecule has 1 N–H and O–H groups in total. The van der Waals surface area contributed by atoms with Crippen molar-refractivity contribution in [1.29, 1.82) is 0 Å². The van der Waals surface area contributed by atoms with E-state index in [1.165, 1.54) is 12.1 Å². The van der Waals surface area contributed by atoms with Crippen molar-refractivity contribution in [2.24, 2.45) is 0 Å². The lowest BCUT2D eigenvalue weighted by atomic mass is 10.2. The van der Waals surface area contributed by atoms with Gasteiger partial charge in [-0.05, 0) is 29.1 Å². The Morgan fingerprint density at radius 1 is 1.29 bits per heavy atom. The zero-order valence-corrected chi connectivity index (χ0v) is 13.8. The molecule has 0 amide bonds. The van der Waals surface area contributed by atoms with E-state index in [1.807, 2.05) is 16.1 Å². The molecule has 5 nitrogen and oxygen atoms in total. The number of aromatic nitrogens is 3. The standard InChI is InChI=1S/C17H17FN4OS/c18-14-3-1-12(2-4-14)7-19-8-15-9-22-16(10-23-15)17(20-21-22)13-5-6-24-11-13/h1-6,11,15,19H,7-10H2. The van der Waals surface area contributed by atoms with Gasteiger partial charge in [0.25, 0.3) is 0 Å². The third-order valence-corrected chi connectivity index (χ3v) is 4.76. The monoisotopic (exact) mass is 344 g/mol. The fraction of sp³-hybridized carbons (Fsp3) is 0.294. The van der Waals surface area contributed by atoms with Gasteiger partial charge in [0.2, 0.25) is 0 Å². The first-order valence-electron chi connectivity index (χ1n) is 7.81. The van der Waals surface area contributed by atoms with Gasteiger partial charge in [0.1, 0.15) is 11.5 Å². The third-order valence-electron chi connectivity index (χ3n) is 4.08. The second kappa shape index (κ2) is 6.80. The summed E-state index contributed by atoms with van der Waals surface area (Å²) in [6, 6.07) is 8.56. The Bertz CT molecular complexity index is 801. The molecular weight excluding hydrogens is 327 g/mol. The average Bonchev–Trinajstić information content (AvgIpc) is 3.25. The second-order valence-corrected chi connectivity index (χ2v) is 6.55. The first kappa shape index (κ1) is 15.4. The Morgan fingerprint density at radius 2 is 2.17 bits per heavy atom. The molecule has 0 radical (unpaired) electrons. The van der Waals surface area contributed by atoms with Gasteiger partial charge >= 0.3 is 0 Å². The van der Waals surface area contributed by atoms with Crippen LogP contribution < -0.4 is 5.32 Å². The third kappa shape index (κ3) is 3.24. The normalized spacial score (nSPS) is 17.0. The van der Waals surface area contributed by atoms with Gasteiger partial charge in [-0.15, -0.1) is 5.10 Å². The highest BCUT2D eigenvalue weighted by atomic mass is 32.1. The molecule has 0 bridgehead atoms. The maximum atomic E-state index is 12.9. The molecule has 3 aromatic rings. The van der Waals surface area contributed by atoms with E-state index in [9.17, 15) is 4.39 Å². The number of thiophene rings is 1. The number of fused-ring (bicyclic) bond motifs is 1. The average molecular weight is 344 g/mol. The van der Waals surface area contributed by atoms with Crippen molar-refractivity contribution in [2.75, 3.05) is 6.54 Å². The molecule has 1 aromatic carbocycles. The van der Waals surface area contributed by atoms with Gasteiger partial charge in [0, 0.05) is 24.0 Å². The lowest BCUT2D eigenvalue weighted by molar-refractivity contribution is 0.00125. The summed E-state index contributed by atoms with van der Waals surface area (Å²) in [5.41, 5.74) is 4.09. The summed E-state index contributed by atoms with van der Waals surface area (Å²) in [4.78, 5) is 0. The summed E-state index contributed by atoms with van der Waals surface area (Å²) in [6.07, 6.45) is 0.0509. The summed E-state index contributed by atoms with van der Waals surface area (Å²) in [7, 11) is 0. The smallest absolute Gasteiger partial charge is 0.123 e. The molecule has 0 fully saturated rings. The van der Waals surface area contributed by atoms with Crippen molar-refractivity contribution in [3.05, 3.63) is 58.2 Å². The number of nitrogens with one attached hydrogen (secondary N) is 1. The van der Waals surface area contributed by atoms with E-state index in [4.69, 9.17) is 4.74 Å². The molecule has 2 aromatic heterocycles. The van der Waals surface area contributed by atoms with Gasteiger partial charge in [-0.2, -0.15) is 11.3 Å². The quantitative estimate of drug-likeness (QED) is 0.773. The Hall–Kier alpha value is -2.09. The number of ether oxygens (including phenoxy) is 1. The summed E-state index contributed by atoms with van der Waals surface area (Å²) in [5.74, 6) is -0.213. The molecule has 124 valence electrons. The summed E-state index contributed by atoms with van der Waals surface area (Å²) >= 11 is 1.65. The largest absolute Gasteiger partial charge is 0.369 e. The predicted octanol–water partition coefficient (Wildman–Crippen LogP) is 2.83. The molecule has 7 heteroatoms. The van der Waals surface area contributed by atoms with E-state index >= 15 is 0 Å². The van der Waals surface area contributed by atoms with Crippen LogP contribution in [0, 0.1) is 5.82 Å². The van der Waals surface area contributed by atoms with Crippen LogP contribution in [0.3, 0.4) is 0 Å². The van der Waals surface area contributed by atoms with Crippen LogP contribution in [0.15, 0.2) is 41.1 Å². The number of benzene rings is 1. The van der Waals surface area contributed by atoms with Gasteiger partial charge in [0.15, 0.2) is 0 Å². The topological polar surface area (TPSA) is 52.0 Å². The maximum Gasteiger partial charge on any atom is 0.123 e. The number of rotatable bonds is 5. The van der Waals surface area contributed by atoms with Crippen LogP contribution in [-0.4, -0.2) is 27.6 Å². The fourth-order valence-corrected chi connectivity index (χ4v) is 3.43. The van der Waals surface area contributed by atoms with Crippen molar-refractivity contribution >= 4 is 11.3 Å². The molecule has 1 aliphatic heterocycles. The fourth-order valence-electron chi connectivity index (χ4n) is 2.79. The van der Waals surface area contributed by atoms with Gasteiger partial charge in [-0.1, -0.05) is 17.3 Å². The van der Waals surface area contributed by atoms with Gasteiger partial charge in [-0.25, -0.2) is 9.07 Å². The molecule has 1 unspecified atom stereocenters. The highest BCUT2D eigenvalue weighted by Gasteiger charge is 2.24. The van der Waals surface area contributed by atoms with Crippen molar-refractivity contribution in [3.8, 4) is 11.3 Å². The number of hydrogen-bond acceptors (Lipinski definition) is 5. The molecule has 3 heterocycles. The zero-order valence-electron chi connectivity index (χ0n) is 13.0. The zero-order chi connectivity index (χ0) is 16.4. The van der Waals surface area contributed by atoms with E-state index < -0.39 is 0 Å². The van der Waals surface area contributed by atoms with E-state index in [-0.39, 0.29) is 11.9 Å². The van der Waals surface area contributed by atoms with E-state index in [0.29, 0.717) is 26.2 Å². The molecule has 0 saturated heterocycles. The predicted molar refractivity (Wildman–Crippen MR) is 90.0 cm³/mol. The van der Waals surface area contributed by atoms with E-state index in [2.05, 4.69) is 21.0 Å². The van der Waals surface area contributed by atoms with Crippen LogP contribution >= 0.6 is 11.3 Å². The van der Waals surface area contributed by atoms with Crippen LogP contribution in [0.5, 0.6) is 0 Å². The van der Waals surface area contributed by atoms with Crippen molar-refractivity contribution in [3.63, 3.8) is 0 Å². The number of halogens is 1. The molecule has 0 spiro atoms. The van der Waals surface area contributed by atoms with Crippen LogP contribution in [0.2, 0.25) is 0 Å². The summed E-state index contributed by atoms with van der Waals surface area (Å²) < 4.78 is 20.8. The summed E-state index contributed by atoms with van der Waals surface area (Å²) in [5, 5.41) is 16.0. The van der Waals surface area contributed by atoms with Gasteiger partial charge in [0.05, 0.1) is 24.9 Å². The Labute approximate surface area is 143 Å². The number of hydrogen-bond donors (Lipinski definition) is 1. The molecular formula is C17H17FN4OS. The lowest BCUT2D eigenvalue weighted by Gasteiger charge is -2.24. The summed E-state index contributed by atoms with van der Waals surface area (Å²) in [6.45, 7) is 2.60. The minimum atomic E-state index is -0.213. The van der Waals surface area contributed by atoms with Crippen LogP contribution in [0.4, 0.5) is 4.39 Å².